The van der Waals surface area contributed by atoms with E-state index in [-0.39, 0.29) is 5.91 Å². The van der Waals surface area contributed by atoms with Crippen molar-refractivity contribution in [2.75, 3.05) is 13.1 Å². The minimum atomic E-state index is 0.214. The van der Waals surface area contributed by atoms with Crippen molar-refractivity contribution in [1.82, 2.24) is 9.47 Å². The molecule has 3 rings (SSSR count). The van der Waals surface area contributed by atoms with Crippen molar-refractivity contribution in [3.63, 3.8) is 0 Å². The highest BCUT2D eigenvalue weighted by Gasteiger charge is 2.31. The van der Waals surface area contributed by atoms with Gasteiger partial charge in [-0.15, -0.1) is 0 Å². The Balaban J connectivity index is 1.79. The summed E-state index contributed by atoms with van der Waals surface area (Å²) in [4.78, 5) is 14.8. The second-order valence-corrected chi connectivity index (χ2v) is 6.79. The van der Waals surface area contributed by atoms with E-state index in [2.05, 4.69) is 38.5 Å². The van der Waals surface area contributed by atoms with E-state index in [1.54, 1.807) is 0 Å². The molecule has 0 spiro atoms. The second kappa shape index (κ2) is 5.31. The molecular weight excluding hydrogens is 304 g/mol. The topological polar surface area (TPSA) is 25.2 Å². The first-order chi connectivity index (χ1) is 9.19. The van der Waals surface area contributed by atoms with Crippen LogP contribution in [0.1, 0.15) is 55.6 Å². The lowest BCUT2D eigenvalue weighted by Gasteiger charge is -2.22. The predicted molar refractivity (Wildman–Crippen MR) is 79.3 cm³/mol. The molecule has 0 radical (unpaired) electrons. The van der Waals surface area contributed by atoms with Crippen LogP contribution in [0.4, 0.5) is 0 Å². The maximum Gasteiger partial charge on any atom is 0.270 e. The van der Waals surface area contributed by atoms with Gasteiger partial charge in [-0.1, -0.05) is 6.92 Å². The van der Waals surface area contributed by atoms with E-state index in [0.717, 1.165) is 35.6 Å². The molecule has 2 aliphatic carbocycles. The van der Waals surface area contributed by atoms with E-state index in [4.69, 9.17) is 0 Å². The molecule has 0 N–H and O–H groups in total. The fraction of sp³-hybridized carbons (Fsp3) is 0.667. The van der Waals surface area contributed by atoms with Gasteiger partial charge in [0.1, 0.15) is 5.69 Å². The fourth-order valence-corrected chi connectivity index (χ4v) is 3.03. The SMILES string of the molecule is CCCN(CC1CC1)C(=O)c1cc(Br)cn1C1CC1. The number of amides is 1. The standard InChI is InChI=1S/C15H21BrN2O/c1-2-7-17(9-11-3-4-11)15(19)14-8-12(16)10-18(14)13-5-6-13/h8,10-11,13H,2-7,9H2,1H3. The van der Waals surface area contributed by atoms with Crippen LogP contribution in [0.25, 0.3) is 0 Å². The van der Waals surface area contributed by atoms with Gasteiger partial charge in [0.15, 0.2) is 0 Å². The quantitative estimate of drug-likeness (QED) is 0.780. The third-order valence-corrected chi connectivity index (χ3v) is 4.36. The molecule has 0 aromatic carbocycles. The van der Waals surface area contributed by atoms with Crippen LogP contribution < -0.4 is 0 Å². The zero-order chi connectivity index (χ0) is 13.4. The fourth-order valence-electron chi connectivity index (χ4n) is 2.59. The summed E-state index contributed by atoms with van der Waals surface area (Å²) in [5, 5.41) is 0. The molecule has 104 valence electrons. The van der Waals surface area contributed by atoms with Gasteiger partial charge in [0.25, 0.3) is 5.91 Å². The van der Waals surface area contributed by atoms with Gasteiger partial charge in [-0.05, 0) is 60.0 Å². The molecule has 1 aromatic rings. The first kappa shape index (κ1) is 13.2. The Morgan fingerprint density at radius 2 is 2.16 bits per heavy atom. The van der Waals surface area contributed by atoms with Crippen LogP contribution in [0.5, 0.6) is 0 Å². The number of carbonyl (C=O) groups excluding carboxylic acids is 1. The molecule has 0 aliphatic heterocycles. The van der Waals surface area contributed by atoms with Crippen LogP contribution in [-0.2, 0) is 0 Å². The van der Waals surface area contributed by atoms with Crippen LogP contribution in [0.2, 0.25) is 0 Å². The first-order valence-electron chi connectivity index (χ1n) is 7.35. The molecule has 2 aliphatic rings. The molecule has 0 bridgehead atoms. The van der Waals surface area contributed by atoms with Gasteiger partial charge < -0.3 is 9.47 Å². The molecule has 0 unspecified atom stereocenters. The smallest absolute Gasteiger partial charge is 0.270 e. The molecule has 2 saturated carbocycles. The summed E-state index contributed by atoms with van der Waals surface area (Å²) in [6.45, 7) is 3.96. The van der Waals surface area contributed by atoms with Crippen LogP contribution in [-0.4, -0.2) is 28.5 Å². The van der Waals surface area contributed by atoms with Gasteiger partial charge in [0, 0.05) is 29.8 Å². The molecule has 1 aromatic heterocycles. The third kappa shape index (κ3) is 3.04. The minimum Gasteiger partial charge on any atom is -0.339 e. The Labute approximate surface area is 123 Å². The summed E-state index contributed by atoms with van der Waals surface area (Å²) < 4.78 is 3.19. The average molecular weight is 325 g/mol. The zero-order valence-corrected chi connectivity index (χ0v) is 13.0. The van der Waals surface area contributed by atoms with Crippen molar-refractivity contribution in [1.29, 1.82) is 0 Å². The number of rotatable bonds is 6. The normalized spacial score (nSPS) is 18.6. The second-order valence-electron chi connectivity index (χ2n) is 5.88. The van der Waals surface area contributed by atoms with Gasteiger partial charge in [-0.25, -0.2) is 0 Å². The largest absolute Gasteiger partial charge is 0.339 e. The van der Waals surface area contributed by atoms with Gasteiger partial charge in [-0.2, -0.15) is 0 Å². The molecular formula is C15H21BrN2O. The minimum absolute atomic E-state index is 0.214. The third-order valence-electron chi connectivity index (χ3n) is 3.93. The summed E-state index contributed by atoms with van der Waals surface area (Å²) in [7, 11) is 0. The molecule has 0 saturated heterocycles. The monoisotopic (exact) mass is 324 g/mol. The lowest BCUT2D eigenvalue weighted by molar-refractivity contribution is 0.0736. The summed E-state index contributed by atoms with van der Waals surface area (Å²) in [5.74, 6) is 0.967. The van der Waals surface area contributed by atoms with E-state index in [1.165, 1.54) is 25.7 Å². The van der Waals surface area contributed by atoms with E-state index in [0.29, 0.717) is 6.04 Å². The zero-order valence-electron chi connectivity index (χ0n) is 11.4. The number of aromatic nitrogens is 1. The number of carbonyl (C=O) groups is 1. The van der Waals surface area contributed by atoms with Gasteiger partial charge in [0.05, 0.1) is 0 Å². The van der Waals surface area contributed by atoms with Crippen LogP contribution in [0.15, 0.2) is 16.7 Å². The maximum atomic E-state index is 12.7. The Kier molecular flexibility index (Phi) is 3.70. The molecule has 19 heavy (non-hydrogen) atoms. The molecule has 1 amide bonds. The Hall–Kier alpha value is -0.770. The number of hydrogen-bond acceptors (Lipinski definition) is 1. The van der Waals surface area contributed by atoms with E-state index >= 15 is 0 Å². The average Bonchev–Trinajstić information content (AvgIpc) is 3.28. The van der Waals surface area contributed by atoms with Crippen molar-refractivity contribution in [3.05, 3.63) is 22.4 Å². The Morgan fingerprint density at radius 3 is 2.74 bits per heavy atom. The lowest BCUT2D eigenvalue weighted by Crippen LogP contribution is -2.34. The molecule has 2 fully saturated rings. The number of hydrogen-bond donors (Lipinski definition) is 0. The highest BCUT2D eigenvalue weighted by atomic mass is 79.9. The predicted octanol–water partition coefficient (Wildman–Crippen LogP) is 3.85. The van der Waals surface area contributed by atoms with Crippen molar-refractivity contribution in [2.45, 2.75) is 45.1 Å². The van der Waals surface area contributed by atoms with Gasteiger partial charge >= 0.3 is 0 Å². The molecule has 0 atom stereocenters. The first-order valence-corrected chi connectivity index (χ1v) is 8.15. The van der Waals surface area contributed by atoms with Crippen molar-refractivity contribution >= 4 is 21.8 Å². The van der Waals surface area contributed by atoms with E-state index in [1.807, 2.05) is 6.07 Å². The Morgan fingerprint density at radius 1 is 1.42 bits per heavy atom. The van der Waals surface area contributed by atoms with Gasteiger partial charge in [0.2, 0.25) is 0 Å². The maximum absolute atomic E-state index is 12.7. The van der Waals surface area contributed by atoms with Crippen LogP contribution in [0, 0.1) is 5.92 Å². The summed E-state index contributed by atoms with van der Waals surface area (Å²) >= 11 is 3.51. The van der Waals surface area contributed by atoms with Crippen molar-refractivity contribution < 1.29 is 4.79 Å². The molecule has 1 heterocycles. The number of halogens is 1. The van der Waals surface area contributed by atoms with Crippen LogP contribution >= 0.6 is 15.9 Å². The number of nitrogens with zero attached hydrogens (tertiary/aromatic N) is 2. The molecule has 4 heteroatoms. The summed E-state index contributed by atoms with van der Waals surface area (Å²) in [6.07, 6.45) is 8.09. The summed E-state index contributed by atoms with van der Waals surface area (Å²) in [5.41, 5.74) is 0.864. The highest BCUT2D eigenvalue weighted by molar-refractivity contribution is 9.10. The van der Waals surface area contributed by atoms with E-state index < -0.39 is 0 Å². The molecule has 3 nitrogen and oxygen atoms in total. The van der Waals surface area contributed by atoms with Gasteiger partial charge in [-0.3, -0.25) is 4.79 Å². The van der Waals surface area contributed by atoms with Crippen molar-refractivity contribution in [2.24, 2.45) is 5.92 Å². The Bertz CT molecular complexity index is 474. The summed E-state index contributed by atoms with van der Waals surface area (Å²) in [6, 6.07) is 2.53. The lowest BCUT2D eigenvalue weighted by atomic mass is 10.3. The van der Waals surface area contributed by atoms with Crippen molar-refractivity contribution in [3.8, 4) is 0 Å². The van der Waals surface area contributed by atoms with E-state index in [9.17, 15) is 4.79 Å². The highest BCUT2D eigenvalue weighted by Crippen LogP contribution is 2.38. The van der Waals surface area contributed by atoms with Crippen LogP contribution in [0.3, 0.4) is 0 Å².